The molecule has 32 heavy (non-hydrogen) atoms. The minimum Gasteiger partial charge on any atom is -0.489 e. The Bertz CT molecular complexity index is 1140. The molecule has 0 saturated heterocycles. The molecule has 6 nitrogen and oxygen atoms in total. The van der Waals surface area contributed by atoms with Crippen LogP contribution in [0.3, 0.4) is 0 Å². The van der Waals surface area contributed by atoms with Gasteiger partial charge >= 0.3 is 5.97 Å². The molecule has 0 amide bonds. The lowest BCUT2D eigenvalue weighted by Crippen LogP contribution is -2.44. The third kappa shape index (κ3) is 5.96. The Morgan fingerprint density at radius 1 is 0.969 bits per heavy atom. The normalized spacial score (nSPS) is 12.5. The second-order valence-corrected chi connectivity index (χ2v) is 9.51. The molecule has 3 aromatic rings. The van der Waals surface area contributed by atoms with Gasteiger partial charge in [-0.2, -0.15) is 4.31 Å². The summed E-state index contributed by atoms with van der Waals surface area (Å²) in [5.74, 6) is -0.522. The number of rotatable bonds is 10. The molecule has 0 aliphatic heterocycles. The number of aryl methyl sites for hydroxylation is 1. The van der Waals surface area contributed by atoms with Crippen molar-refractivity contribution in [3.8, 4) is 5.75 Å². The van der Waals surface area contributed by atoms with Gasteiger partial charge in [0.05, 0.1) is 4.90 Å². The van der Waals surface area contributed by atoms with E-state index in [1.807, 2.05) is 61.5 Å². The molecule has 0 unspecified atom stereocenters. The number of sulfonamides is 1. The van der Waals surface area contributed by atoms with Gasteiger partial charge in [0.15, 0.2) is 0 Å². The van der Waals surface area contributed by atoms with E-state index in [1.54, 1.807) is 12.1 Å². The maximum atomic E-state index is 13.2. The minimum atomic E-state index is -3.97. The Balaban J connectivity index is 1.75. The van der Waals surface area contributed by atoms with Crippen molar-refractivity contribution in [2.45, 2.75) is 37.8 Å². The lowest BCUT2D eigenvalue weighted by atomic mass is 10.1. The van der Waals surface area contributed by atoms with Crippen molar-refractivity contribution in [1.82, 2.24) is 4.31 Å². The molecule has 1 atom stereocenters. The highest BCUT2D eigenvalue weighted by atomic mass is 32.2. The highest BCUT2D eigenvalue weighted by Gasteiger charge is 2.32. The molecule has 168 valence electrons. The molecule has 0 heterocycles. The average molecular weight is 454 g/mol. The molecule has 0 fully saturated rings. The van der Waals surface area contributed by atoms with Crippen molar-refractivity contribution in [3.05, 3.63) is 95.6 Å². The van der Waals surface area contributed by atoms with Crippen LogP contribution in [0.4, 0.5) is 0 Å². The van der Waals surface area contributed by atoms with Gasteiger partial charge in [0.25, 0.3) is 0 Å². The first-order valence-corrected chi connectivity index (χ1v) is 11.8. The predicted octanol–water partition coefficient (Wildman–Crippen LogP) is 4.28. The van der Waals surface area contributed by atoms with Crippen molar-refractivity contribution in [1.29, 1.82) is 0 Å². The summed E-state index contributed by atoms with van der Waals surface area (Å²) in [6.07, 6.45) is 0.352. The van der Waals surface area contributed by atoms with E-state index in [0.717, 1.165) is 21.0 Å². The Morgan fingerprint density at radius 3 is 2.28 bits per heavy atom. The second kappa shape index (κ2) is 10.4. The van der Waals surface area contributed by atoms with E-state index in [0.29, 0.717) is 18.8 Å². The van der Waals surface area contributed by atoms with Gasteiger partial charge in [-0.15, -0.1) is 0 Å². The number of hydrogen-bond acceptors (Lipinski definition) is 4. The van der Waals surface area contributed by atoms with Crippen LogP contribution in [0.5, 0.6) is 5.75 Å². The third-order valence-electron chi connectivity index (χ3n) is 5.18. The van der Waals surface area contributed by atoms with Crippen LogP contribution in [0, 0.1) is 6.92 Å². The molecular formula is C25H27NO5S. The van der Waals surface area contributed by atoms with Crippen LogP contribution in [0.15, 0.2) is 83.8 Å². The fourth-order valence-corrected chi connectivity index (χ4v) is 4.85. The van der Waals surface area contributed by atoms with Crippen LogP contribution < -0.4 is 4.74 Å². The largest absolute Gasteiger partial charge is 0.489 e. The van der Waals surface area contributed by atoms with Gasteiger partial charge in [-0.3, -0.25) is 4.79 Å². The molecule has 0 aliphatic rings. The Kier molecular flexibility index (Phi) is 7.66. The number of benzene rings is 3. The standard InChI is InChI=1S/C25H27NO5S/c1-19-11-13-24(14-12-19)32(29,30)26(20(2)25(27)28)16-15-21-9-6-10-23(17-21)31-18-22-7-4-3-5-8-22/h3-14,17,20H,15-16,18H2,1-2H3,(H,27,28)/t20-/m1/s1. The molecule has 0 saturated carbocycles. The Hall–Kier alpha value is -3.16. The lowest BCUT2D eigenvalue weighted by Gasteiger charge is -2.26. The number of hydrogen-bond donors (Lipinski definition) is 1. The van der Waals surface area contributed by atoms with Gasteiger partial charge in [-0.05, 0) is 55.7 Å². The lowest BCUT2D eigenvalue weighted by molar-refractivity contribution is -0.140. The van der Waals surface area contributed by atoms with Crippen LogP contribution >= 0.6 is 0 Å². The summed E-state index contributed by atoms with van der Waals surface area (Å²) < 4.78 is 33.2. The first-order valence-electron chi connectivity index (χ1n) is 10.3. The van der Waals surface area contributed by atoms with Crippen LogP contribution in [0.25, 0.3) is 0 Å². The van der Waals surface area contributed by atoms with E-state index < -0.39 is 22.0 Å². The van der Waals surface area contributed by atoms with Gasteiger partial charge < -0.3 is 9.84 Å². The minimum absolute atomic E-state index is 0.0335. The van der Waals surface area contributed by atoms with Gasteiger partial charge in [0.2, 0.25) is 10.0 Å². The van der Waals surface area contributed by atoms with Gasteiger partial charge in [0.1, 0.15) is 18.4 Å². The number of carboxylic acid groups (broad SMARTS) is 1. The first kappa shape index (κ1) is 23.5. The topological polar surface area (TPSA) is 83.9 Å². The molecule has 0 aliphatic carbocycles. The van der Waals surface area contributed by atoms with E-state index >= 15 is 0 Å². The second-order valence-electron chi connectivity index (χ2n) is 7.61. The van der Waals surface area contributed by atoms with Crippen LogP contribution in [-0.2, 0) is 27.8 Å². The number of carbonyl (C=O) groups is 1. The molecule has 3 rings (SSSR count). The van der Waals surface area contributed by atoms with Gasteiger partial charge in [-0.1, -0.05) is 60.2 Å². The zero-order valence-electron chi connectivity index (χ0n) is 18.1. The number of carboxylic acids is 1. The van der Waals surface area contributed by atoms with E-state index in [-0.39, 0.29) is 11.4 Å². The van der Waals surface area contributed by atoms with Crippen LogP contribution in [0.2, 0.25) is 0 Å². The van der Waals surface area contributed by atoms with E-state index in [4.69, 9.17) is 4.74 Å². The molecule has 0 radical (unpaired) electrons. The summed E-state index contributed by atoms with van der Waals surface area (Å²) in [7, 11) is -3.97. The highest BCUT2D eigenvalue weighted by Crippen LogP contribution is 2.21. The number of ether oxygens (including phenoxy) is 1. The van der Waals surface area contributed by atoms with E-state index in [1.165, 1.54) is 19.1 Å². The molecule has 0 spiro atoms. The SMILES string of the molecule is Cc1ccc(S(=O)(=O)N(CCc2cccc(OCc3ccccc3)c2)[C@H](C)C(=O)O)cc1. The van der Waals surface area contributed by atoms with E-state index in [2.05, 4.69) is 0 Å². The molecular weight excluding hydrogens is 426 g/mol. The number of nitrogens with zero attached hydrogens (tertiary/aromatic N) is 1. The van der Waals surface area contributed by atoms with Crippen molar-refractivity contribution >= 4 is 16.0 Å². The summed E-state index contributed by atoms with van der Waals surface area (Å²) in [4.78, 5) is 11.7. The fourth-order valence-electron chi connectivity index (χ4n) is 3.26. The average Bonchev–Trinajstić information content (AvgIpc) is 2.79. The quantitative estimate of drug-likeness (QED) is 0.495. The summed E-state index contributed by atoms with van der Waals surface area (Å²) >= 11 is 0. The predicted molar refractivity (Wildman–Crippen MR) is 123 cm³/mol. The Labute approximate surface area is 189 Å². The fraction of sp³-hybridized carbons (Fsp3) is 0.240. The zero-order chi connectivity index (χ0) is 23.1. The molecule has 7 heteroatoms. The van der Waals surface area contributed by atoms with E-state index in [9.17, 15) is 18.3 Å². The summed E-state index contributed by atoms with van der Waals surface area (Å²) in [5.41, 5.74) is 2.83. The molecule has 1 N–H and O–H groups in total. The highest BCUT2D eigenvalue weighted by molar-refractivity contribution is 7.89. The van der Waals surface area contributed by atoms with Crippen molar-refractivity contribution < 1.29 is 23.1 Å². The molecule has 3 aromatic carbocycles. The monoisotopic (exact) mass is 453 g/mol. The molecule has 0 aromatic heterocycles. The summed E-state index contributed by atoms with van der Waals surface area (Å²) in [6, 6.07) is 22.4. The molecule has 0 bridgehead atoms. The van der Waals surface area contributed by atoms with Crippen LogP contribution in [-0.4, -0.2) is 36.4 Å². The Morgan fingerprint density at radius 2 is 1.62 bits per heavy atom. The maximum Gasteiger partial charge on any atom is 0.321 e. The van der Waals surface area contributed by atoms with Crippen molar-refractivity contribution in [3.63, 3.8) is 0 Å². The zero-order valence-corrected chi connectivity index (χ0v) is 19.0. The summed E-state index contributed by atoms with van der Waals surface area (Å²) in [5, 5.41) is 9.50. The third-order valence-corrected chi connectivity index (χ3v) is 7.17. The maximum absolute atomic E-state index is 13.2. The smallest absolute Gasteiger partial charge is 0.321 e. The van der Waals surface area contributed by atoms with Gasteiger partial charge in [0, 0.05) is 6.54 Å². The van der Waals surface area contributed by atoms with Crippen LogP contribution in [0.1, 0.15) is 23.6 Å². The first-order chi connectivity index (χ1) is 15.3. The van der Waals surface area contributed by atoms with Crippen molar-refractivity contribution in [2.75, 3.05) is 6.54 Å². The van der Waals surface area contributed by atoms with Gasteiger partial charge in [-0.25, -0.2) is 8.42 Å². The summed E-state index contributed by atoms with van der Waals surface area (Å²) in [6.45, 7) is 3.70. The van der Waals surface area contributed by atoms with Crippen molar-refractivity contribution in [2.24, 2.45) is 0 Å². The number of aliphatic carboxylic acids is 1.